The van der Waals surface area contributed by atoms with Gasteiger partial charge >= 0.3 is 5.97 Å². The second kappa shape index (κ2) is 6.76. The lowest BCUT2D eigenvalue weighted by Crippen LogP contribution is -2.06. The molecule has 1 unspecified atom stereocenters. The lowest BCUT2D eigenvalue weighted by atomic mass is 10.2. The van der Waals surface area contributed by atoms with E-state index in [9.17, 15) is 4.79 Å². The van der Waals surface area contributed by atoms with Crippen LogP contribution in [-0.2, 0) is 6.61 Å². The summed E-state index contributed by atoms with van der Waals surface area (Å²) < 4.78 is 8.28. The summed E-state index contributed by atoms with van der Waals surface area (Å²) in [5.74, 6) is -0.485. The van der Waals surface area contributed by atoms with Gasteiger partial charge in [-0.3, -0.25) is 4.68 Å². The molecule has 6 heteroatoms. The largest absolute Gasteiger partial charge is 0.486 e. The van der Waals surface area contributed by atoms with E-state index in [2.05, 4.69) is 34.9 Å². The summed E-state index contributed by atoms with van der Waals surface area (Å²) in [6.07, 6.45) is 2.93. The maximum atomic E-state index is 11.0. The SMILES string of the molecule is CCC(C)n1ccc(COc2cc(C(=O)O)ccc2Br)n1. The van der Waals surface area contributed by atoms with Crippen molar-refractivity contribution in [3.8, 4) is 5.75 Å². The summed E-state index contributed by atoms with van der Waals surface area (Å²) in [6, 6.07) is 6.94. The molecule has 1 aromatic carbocycles. The van der Waals surface area contributed by atoms with Gasteiger partial charge in [0.1, 0.15) is 12.4 Å². The average Bonchev–Trinajstić information content (AvgIpc) is 2.94. The van der Waals surface area contributed by atoms with Gasteiger partial charge < -0.3 is 9.84 Å². The fourth-order valence-corrected chi connectivity index (χ4v) is 2.15. The molecule has 0 spiro atoms. The first kappa shape index (κ1) is 15.6. The Hall–Kier alpha value is -1.82. The Bertz CT molecular complexity index is 640. The van der Waals surface area contributed by atoms with E-state index in [-0.39, 0.29) is 5.56 Å². The van der Waals surface area contributed by atoms with E-state index in [1.807, 2.05) is 16.9 Å². The third-order valence-electron chi connectivity index (χ3n) is 3.26. The van der Waals surface area contributed by atoms with Crippen LogP contribution in [0, 0.1) is 0 Å². The van der Waals surface area contributed by atoms with E-state index in [1.165, 1.54) is 12.1 Å². The molecule has 0 aliphatic rings. The van der Waals surface area contributed by atoms with Crippen LogP contribution in [0.3, 0.4) is 0 Å². The fraction of sp³-hybridized carbons (Fsp3) is 0.333. The van der Waals surface area contributed by atoms with Gasteiger partial charge in [-0.05, 0) is 53.5 Å². The lowest BCUT2D eigenvalue weighted by Gasteiger charge is -2.09. The molecule has 0 amide bonds. The van der Waals surface area contributed by atoms with E-state index in [0.29, 0.717) is 22.9 Å². The average molecular weight is 353 g/mol. The minimum absolute atomic E-state index is 0.193. The summed E-state index contributed by atoms with van der Waals surface area (Å²) in [5, 5.41) is 13.4. The molecule has 1 N–H and O–H groups in total. The van der Waals surface area contributed by atoms with E-state index >= 15 is 0 Å². The van der Waals surface area contributed by atoms with Crippen molar-refractivity contribution >= 4 is 21.9 Å². The maximum Gasteiger partial charge on any atom is 0.335 e. The van der Waals surface area contributed by atoms with Crippen LogP contribution in [0.25, 0.3) is 0 Å². The fourth-order valence-electron chi connectivity index (χ4n) is 1.79. The summed E-state index contributed by atoms with van der Waals surface area (Å²) in [7, 11) is 0. The van der Waals surface area contributed by atoms with Gasteiger partial charge in [-0.1, -0.05) is 6.92 Å². The number of carboxylic acids is 1. The van der Waals surface area contributed by atoms with Gasteiger partial charge in [-0.2, -0.15) is 5.10 Å². The van der Waals surface area contributed by atoms with Crippen molar-refractivity contribution in [2.75, 3.05) is 0 Å². The van der Waals surface area contributed by atoms with Crippen LogP contribution in [0.5, 0.6) is 5.75 Å². The highest BCUT2D eigenvalue weighted by Crippen LogP contribution is 2.27. The van der Waals surface area contributed by atoms with E-state index in [1.54, 1.807) is 6.07 Å². The quantitative estimate of drug-likeness (QED) is 0.856. The van der Waals surface area contributed by atoms with Crippen molar-refractivity contribution < 1.29 is 14.6 Å². The molecular formula is C15H17BrN2O3. The van der Waals surface area contributed by atoms with Gasteiger partial charge in [0.15, 0.2) is 0 Å². The number of ether oxygens (including phenoxy) is 1. The molecule has 0 radical (unpaired) electrons. The topological polar surface area (TPSA) is 64.3 Å². The molecule has 2 rings (SSSR count). The van der Waals surface area contributed by atoms with Gasteiger partial charge in [-0.25, -0.2) is 4.79 Å². The molecule has 0 saturated heterocycles. The van der Waals surface area contributed by atoms with Crippen molar-refractivity contribution in [2.45, 2.75) is 32.9 Å². The summed E-state index contributed by atoms with van der Waals surface area (Å²) in [4.78, 5) is 11.0. The molecule has 2 aromatic rings. The second-order valence-electron chi connectivity index (χ2n) is 4.78. The Morgan fingerprint density at radius 3 is 2.90 bits per heavy atom. The number of nitrogens with zero attached hydrogens (tertiary/aromatic N) is 2. The number of carbonyl (C=O) groups is 1. The minimum atomic E-state index is -0.978. The van der Waals surface area contributed by atoms with Crippen LogP contribution >= 0.6 is 15.9 Å². The Morgan fingerprint density at radius 1 is 1.48 bits per heavy atom. The zero-order valence-corrected chi connectivity index (χ0v) is 13.5. The Kier molecular flexibility index (Phi) is 5.01. The number of rotatable bonds is 6. The number of aromatic nitrogens is 2. The number of carboxylic acid groups (broad SMARTS) is 1. The number of halogens is 1. The van der Waals surface area contributed by atoms with Crippen LogP contribution < -0.4 is 4.74 Å². The normalized spacial score (nSPS) is 12.1. The third-order valence-corrected chi connectivity index (χ3v) is 3.91. The molecule has 21 heavy (non-hydrogen) atoms. The minimum Gasteiger partial charge on any atom is -0.486 e. The van der Waals surface area contributed by atoms with Gasteiger partial charge in [0, 0.05) is 12.2 Å². The standard InChI is InChI=1S/C15H17BrN2O3/c1-3-10(2)18-7-6-12(17-18)9-21-14-8-11(15(19)20)4-5-13(14)16/h4-8,10H,3,9H2,1-2H3,(H,19,20). The van der Waals surface area contributed by atoms with Crippen LogP contribution in [0.15, 0.2) is 34.9 Å². The number of benzene rings is 1. The first-order valence-electron chi connectivity index (χ1n) is 6.71. The van der Waals surface area contributed by atoms with Gasteiger partial charge in [0.05, 0.1) is 15.7 Å². The van der Waals surface area contributed by atoms with Crippen molar-refractivity contribution in [3.05, 3.63) is 46.2 Å². The summed E-state index contributed by atoms with van der Waals surface area (Å²) >= 11 is 3.35. The third kappa shape index (κ3) is 3.85. The molecule has 1 atom stereocenters. The molecule has 1 heterocycles. The van der Waals surface area contributed by atoms with Crippen molar-refractivity contribution in [1.82, 2.24) is 9.78 Å². The molecule has 0 aliphatic heterocycles. The van der Waals surface area contributed by atoms with Crippen LogP contribution in [0.1, 0.15) is 42.4 Å². The number of aromatic carboxylic acids is 1. The maximum absolute atomic E-state index is 11.0. The molecule has 0 bridgehead atoms. The zero-order chi connectivity index (χ0) is 15.4. The number of hydrogen-bond donors (Lipinski definition) is 1. The predicted octanol–water partition coefficient (Wildman–Crippen LogP) is 3.89. The first-order valence-corrected chi connectivity index (χ1v) is 7.50. The Balaban J connectivity index is 2.07. The first-order chi connectivity index (χ1) is 10.0. The lowest BCUT2D eigenvalue weighted by molar-refractivity contribution is 0.0696. The Morgan fingerprint density at radius 2 is 2.24 bits per heavy atom. The Labute approximate surface area is 131 Å². The van der Waals surface area contributed by atoms with Gasteiger partial charge in [-0.15, -0.1) is 0 Å². The summed E-state index contributed by atoms with van der Waals surface area (Å²) in [5.41, 5.74) is 1.00. The predicted molar refractivity (Wildman–Crippen MR) is 82.7 cm³/mol. The molecule has 0 saturated carbocycles. The van der Waals surface area contributed by atoms with E-state index in [0.717, 1.165) is 12.1 Å². The van der Waals surface area contributed by atoms with Gasteiger partial charge in [0.2, 0.25) is 0 Å². The molecule has 0 aliphatic carbocycles. The van der Waals surface area contributed by atoms with E-state index < -0.39 is 5.97 Å². The summed E-state index contributed by atoms with van der Waals surface area (Å²) in [6.45, 7) is 4.51. The van der Waals surface area contributed by atoms with Crippen molar-refractivity contribution in [3.63, 3.8) is 0 Å². The zero-order valence-electron chi connectivity index (χ0n) is 11.9. The van der Waals surface area contributed by atoms with Gasteiger partial charge in [0.25, 0.3) is 0 Å². The molecule has 112 valence electrons. The van der Waals surface area contributed by atoms with Crippen LogP contribution in [-0.4, -0.2) is 20.9 Å². The number of hydrogen-bond acceptors (Lipinski definition) is 3. The molecule has 5 nitrogen and oxygen atoms in total. The molecular weight excluding hydrogens is 336 g/mol. The smallest absolute Gasteiger partial charge is 0.335 e. The van der Waals surface area contributed by atoms with Crippen LogP contribution in [0.4, 0.5) is 0 Å². The monoisotopic (exact) mass is 352 g/mol. The van der Waals surface area contributed by atoms with Crippen molar-refractivity contribution in [1.29, 1.82) is 0 Å². The molecule has 0 fully saturated rings. The van der Waals surface area contributed by atoms with E-state index in [4.69, 9.17) is 9.84 Å². The van der Waals surface area contributed by atoms with Crippen LogP contribution in [0.2, 0.25) is 0 Å². The molecule has 1 aromatic heterocycles. The highest BCUT2D eigenvalue weighted by atomic mass is 79.9. The van der Waals surface area contributed by atoms with Crippen molar-refractivity contribution in [2.24, 2.45) is 0 Å². The highest BCUT2D eigenvalue weighted by Gasteiger charge is 2.10. The second-order valence-corrected chi connectivity index (χ2v) is 5.64. The highest BCUT2D eigenvalue weighted by molar-refractivity contribution is 9.10.